The van der Waals surface area contributed by atoms with Gasteiger partial charge in [-0.15, -0.1) is 0 Å². The Morgan fingerprint density at radius 1 is 1.36 bits per heavy atom. The Bertz CT molecular complexity index is 587. The highest BCUT2D eigenvalue weighted by Gasteiger charge is 2.61. The molecule has 0 spiro atoms. The van der Waals surface area contributed by atoms with Gasteiger partial charge in [-0.3, -0.25) is 9.59 Å². The number of hydrogen-bond acceptors (Lipinski definition) is 2. The van der Waals surface area contributed by atoms with Gasteiger partial charge in [-0.25, -0.2) is 4.39 Å². The number of piperidine rings is 1. The van der Waals surface area contributed by atoms with E-state index in [1.165, 1.54) is 12.1 Å². The van der Waals surface area contributed by atoms with Gasteiger partial charge in [-0.1, -0.05) is 12.1 Å². The third-order valence-corrected chi connectivity index (χ3v) is 5.01. The molecular weight excluding hydrogens is 283 g/mol. The van der Waals surface area contributed by atoms with Crippen LogP contribution in [0.15, 0.2) is 24.3 Å². The SMILES string of the molecule is CC(=O)N1CCC2(C(=O)NCCc3ccc(F)cc3)CC2C1. The highest BCUT2D eigenvalue weighted by Crippen LogP contribution is 2.58. The topological polar surface area (TPSA) is 49.4 Å². The third-order valence-electron chi connectivity index (χ3n) is 5.01. The molecule has 118 valence electrons. The quantitative estimate of drug-likeness (QED) is 0.921. The maximum absolute atomic E-state index is 12.8. The highest BCUT2D eigenvalue weighted by atomic mass is 19.1. The van der Waals surface area contributed by atoms with Gasteiger partial charge in [0.05, 0.1) is 5.41 Å². The normalized spacial score (nSPS) is 26.3. The molecule has 0 radical (unpaired) electrons. The van der Waals surface area contributed by atoms with Gasteiger partial charge < -0.3 is 10.2 Å². The van der Waals surface area contributed by atoms with E-state index in [-0.39, 0.29) is 23.0 Å². The molecule has 1 heterocycles. The average molecular weight is 304 g/mol. The van der Waals surface area contributed by atoms with E-state index in [2.05, 4.69) is 5.32 Å². The molecule has 1 aromatic rings. The summed E-state index contributed by atoms with van der Waals surface area (Å²) in [5.74, 6) is 0.278. The zero-order valence-corrected chi connectivity index (χ0v) is 12.8. The van der Waals surface area contributed by atoms with Gasteiger partial charge in [0.1, 0.15) is 5.82 Å². The van der Waals surface area contributed by atoms with Gasteiger partial charge in [-0.05, 0) is 42.9 Å². The molecule has 4 nitrogen and oxygen atoms in total. The molecule has 5 heteroatoms. The van der Waals surface area contributed by atoms with Gasteiger partial charge >= 0.3 is 0 Å². The first-order valence-corrected chi connectivity index (χ1v) is 7.79. The molecule has 1 aromatic carbocycles. The second kappa shape index (κ2) is 5.71. The Hall–Kier alpha value is -1.91. The standard InChI is InChI=1S/C17H21FN2O2/c1-12(21)20-9-7-17(10-14(17)11-20)16(22)19-8-6-13-2-4-15(18)5-3-13/h2-5,14H,6-11H2,1H3,(H,19,22). The number of carbonyl (C=O) groups is 2. The molecule has 2 atom stereocenters. The van der Waals surface area contributed by atoms with E-state index < -0.39 is 0 Å². The van der Waals surface area contributed by atoms with Crippen LogP contribution in [-0.2, 0) is 16.0 Å². The van der Waals surface area contributed by atoms with Crippen LogP contribution in [0.4, 0.5) is 4.39 Å². The van der Waals surface area contributed by atoms with Crippen LogP contribution < -0.4 is 5.32 Å². The van der Waals surface area contributed by atoms with Crippen molar-refractivity contribution in [1.29, 1.82) is 0 Å². The first kappa shape index (κ1) is 15.0. The number of carbonyl (C=O) groups excluding carboxylic acids is 2. The number of fused-ring (bicyclic) bond motifs is 1. The van der Waals surface area contributed by atoms with E-state index in [0.717, 1.165) is 18.4 Å². The molecule has 1 saturated heterocycles. The summed E-state index contributed by atoms with van der Waals surface area (Å²) in [6.45, 7) is 3.53. The van der Waals surface area contributed by atoms with Crippen LogP contribution in [-0.4, -0.2) is 36.3 Å². The maximum atomic E-state index is 12.8. The van der Waals surface area contributed by atoms with Crippen molar-refractivity contribution in [2.45, 2.75) is 26.2 Å². The number of rotatable bonds is 4. The summed E-state index contributed by atoms with van der Waals surface area (Å²) in [6, 6.07) is 6.35. The zero-order valence-electron chi connectivity index (χ0n) is 12.8. The summed E-state index contributed by atoms with van der Waals surface area (Å²) in [6.07, 6.45) is 2.35. The van der Waals surface area contributed by atoms with E-state index in [9.17, 15) is 14.0 Å². The summed E-state index contributed by atoms with van der Waals surface area (Å²) >= 11 is 0. The fourth-order valence-corrected chi connectivity index (χ4v) is 3.44. The summed E-state index contributed by atoms with van der Waals surface area (Å²) in [4.78, 5) is 25.6. The minimum Gasteiger partial charge on any atom is -0.355 e. The molecule has 2 fully saturated rings. The predicted octanol–water partition coefficient (Wildman–Crippen LogP) is 1.74. The molecule has 22 heavy (non-hydrogen) atoms. The monoisotopic (exact) mass is 304 g/mol. The first-order chi connectivity index (χ1) is 10.5. The van der Waals surface area contributed by atoms with Crippen molar-refractivity contribution in [1.82, 2.24) is 10.2 Å². The van der Waals surface area contributed by atoms with Crippen molar-refractivity contribution in [3.8, 4) is 0 Å². The van der Waals surface area contributed by atoms with Crippen molar-refractivity contribution in [2.24, 2.45) is 11.3 Å². The number of nitrogens with one attached hydrogen (secondary N) is 1. The lowest BCUT2D eigenvalue weighted by molar-refractivity contribution is -0.134. The minimum atomic E-state index is -0.246. The van der Waals surface area contributed by atoms with Crippen LogP contribution in [0.1, 0.15) is 25.3 Å². The van der Waals surface area contributed by atoms with Crippen LogP contribution in [0.25, 0.3) is 0 Å². The average Bonchev–Trinajstić information content (AvgIpc) is 3.24. The summed E-state index contributed by atoms with van der Waals surface area (Å²) in [5, 5.41) is 3.01. The minimum absolute atomic E-state index is 0.0946. The van der Waals surface area contributed by atoms with Crippen LogP contribution in [0.2, 0.25) is 0 Å². The number of likely N-dealkylation sites (tertiary alicyclic amines) is 1. The number of halogens is 1. The molecule has 0 bridgehead atoms. The first-order valence-electron chi connectivity index (χ1n) is 7.79. The second-order valence-corrected chi connectivity index (χ2v) is 6.40. The number of benzene rings is 1. The van der Waals surface area contributed by atoms with Crippen LogP contribution in [0.3, 0.4) is 0 Å². The lowest BCUT2D eigenvalue weighted by Gasteiger charge is -2.30. The fraction of sp³-hybridized carbons (Fsp3) is 0.529. The molecule has 2 amide bonds. The van der Waals surface area contributed by atoms with E-state index >= 15 is 0 Å². The number of nitrogens with zero attached hydrogens (tertiary/aromatic N) is 1. The molecule has 1 aliphatic heterocycles. The number of hydrogen-bond donors (Lipinski definition) is 1. The van der Waals surface area contributed by atoms with Crippen LogP contribution >= 0.6 is 0 Å². The molecule has 3 rings (SSSR count). The summed E-state index contributed by atoms with van der Waals surface area (Å²) in [7, 11) is 0. The van der Waals surface area contributed by atoms with Crippen LogP contribution in [0.5, 0.6) is 0 Å². The molecule has 0 aromatic heterocycles. The van der Waals surface area contributed by atoms with Crippen molar-refractivity contribution in [3.05, 3.63) is 35.6 Å². The van der Waals surface area contributed by atoms with E-state index in [1.54, 1.807) is 19.1 Å². The Morgan fingerprint density at radius 2 is 2.09 bits per heavy atom. The Balaban J connectivity index is 1.47. The van der Waals surface area contributed by atoms with Gasteiger partial charge in [0.25, 0.3) is 0 Å². The highest BCUT2D eigenvalue weighted by molar-refractivity contribution is 5.86. The molecule has 1 N–H and O–H groups in total. The van der Waals surface area contributed by atoms with Crippen molar-refractivity contribution < 1.29 is 14.0 Å². The zero-order chi connectivity index (χ0) is 15.7. The van der Waals surface area contributed by atoms with Gasteiger partial charge in [0, 0.05) is 26.6 Å². The largest absolute Gasteiger partial charge is 0.355 e. The van der Waals surface area contributed by atoms with E-state index in [4.69, 9.17) is 0 Å². The van der Waals surface area contributed by atoms with Gasteiger partial charge in [-0.2, -0.15) is 0 Å². The van der Waals surface area contributed by atoms with Crippen LogP contribution in [0, 0.1) is 17.2 Å². The van der Waals surface area contributed by atoms with Crippen molar-refractivity contribution in [3.63, 3.8) is 0 Å². The second-order valence-electron chi connectivity index (χ2n) is 6.40. The lowest BCUT2D eigenvalue weighted by atomic mass is 9.94. The molecule has 1 aliphatic carbocycles. The van der Waals surface area contributed by atoms with E-state index in [0.29, 0.717) is 32.0 Å². The maximum Gasteiger partial charge on any atom is 0.226 e. The summed E-state index contributed by atoms with van der Waals surface area (Å²) in [5.41, 5.74) is 0.771. The molecule has 2 unspecified atom stereocenters. The molecule has 1 saturated carbocycles. The van der Waals surface area contributed by atoms with E-state index in [1.807, 2.05) is 4.90 Å². The Labute approximate surface area is 129 Å². The van der Waals surface area contributed by atoms with Crippen molar-refractivity contribution >= 4 is 11.8 Å². The summed E-state index contributed by atoms with van der Waals surface area (Å²) < 4.78 is 12.8. The molecular formula is C17H21FN2O2. The Kier molecular flexibility index (Phi) is 3.89. The Morgan fingerprint density at radius 3 is 2.73 bits per heavy atom. The predicted molar refractivity (Wildman–Crippen MR) is 80.5 cm³/mol. The van der Waals surface area contributed by atoms with Gasteiger partial charge in [0.15, 0.2) is 0 Å². The van der Waals surface area contributed by atoms with Crippen molar-refractivity contribution in [2.75, 3.05) is 19.6 Å². The third kappa shape index (κ3) is 2.85. The smallest absolute Gasteiger partial charge is 0.226 e. The van der Waals surface area contributed by atoms with Gasteiger partial charge in [0.2, 0.25) is 11.8 Å². The molecule has 2 aliphatic rings. The number of amides is 2. The fourth-order valence-electron chi connectivity index (χ4n) is 3.44. The lowest BCUT2D eigenvalue weighted by Crippen LogP contribution is -2.44.